The van der Waals surface area contributed by atoms with Gasteiger partial charge >= 0.3 is 0 Å². The first-order chi connectivity index (χ1) is 12.5. The smallest absolute Gasteiger partial charge is 0.206 e. The molecule has 0 amide bonds. The first-order valence-corrected chi connectivity index (χ1v) is 10.6. The number of nitrogens with zero attached hydrogens (tertiary/aromatic N) is 1. The molecule has 2 aliphatic rings. The van der Waals surface area contributed by atoms with E-state index in [1.165, 1.54) is 17.7 Å². The molecule has 142 valence electrons. The Balaban J connectivity index is 0.00000180. The van der Waals surface area contributed by atoms with Crippen molar-refractivity contribution in [3.05, 3.63) is 59.3 Å². The Morgan fingerprint density at radius 3 is 2.56 bits per heavy atom. The van der Waals surface area contributed by atoms with Crippen LogP contribution < -0.4 is 5.32 Å². The van der Waals surface area contributed by atoms with Crippen LogP contribution in [0.25, 0.3) is 10.9 Å². The van der Waals surface area contributed by atoms with E-state index in [9.17, 15) is 8.42 Å². The van der Waals surface area contributed by atoms with Gasteiger partial charge in [-0.1, -0.05) is 18.2 Å². The lowest BCUT2D eigenvalue weighted by atomic mass is 9.98. The minimum absolute atomic E-state index is 0. The van der Waals surface area contributed by atoms with Gasteiger partial charge in [0, 0.05) is 36.6 Å². The lowest BCUT2D eigenvalue weighted by Crippen LogP contribution is -2.32. The SMILES string of the molecule is Cc1cc(S(=O)(=O)c2ccccc2)cc2c3c(n(C)c12)CC1CCC3N1.Cl. The molecule has 2 bridgehead atoms. The van der Waals surface area contributed by atoms with Crippen LogP contribution >= 0.6 is 12.4 Å². The number of halogens is 1. The predicted octanol–water partition coefficient (Wildman–Crippen LogP) is 4.09. The Morgan fingerprint density at radius 1 is 1.07 bits per heavy atom. The van der Waals surface area contributed by atoms with Crippen molar-refractivity contribution in [2.75, 3.05) is 0 Å². The van der Waals surface area contributed by atoms with Gasteiger partial charge in [0.1, 0.15) is 0 Å². The highest BCUT2D eigenvalue weighted by atomic mass is 35.5. The number of sulfone groups is 1. The molecule has 2 aliphatic heterocycles. The molecule has 0 radical (unpaired) electrons. The Hall–Kier alpha value is -1.82. The summed E-state index contributed by atoms with van der Waals surface area (Å²) in [6.45, 7) is 2.02. The Morgan fingerprint density at radius 2 is 1.81 bits per heavy atom. The van der Waals surface area contributed by atoms with Gasteiger partial charge in [0.15, 0.2) is 0 Å². The summed E-state index contributed by atoms with van der Waals surface area (Å²) in [5.41, 5.74) is 4.86. The zero-order chi connectivity index (χ0) is 18.1. The molecule has 0 aliphatic carbocycles. The highest BCUT2D eigenvalue weighted by molar-refractivity contribution is 7.91. The maximum absolute atomic E-state index is 13.1. The van der Waals surface area contributed by atoms with Gasteiger partial charge in [-0.25, -0.2) is 8.42 Å². The van der Waals surface area contributed by atoms with Crippen molar-refractivity contribution in [1.82, 2.24) is 9.88 Å². The zero-order valence-electron chi connectivity index (χ0n) is 15.4. The molecule has 6 heteroatoms. The molecule has 1 N–H and O–H groups in total. The average molecular weight is 403 g/mol. The van der Waals surface area contributed by atoms with E-state index >= 15 is 0 Å². The summed E-state index contributed by atoms with van der Waals surface area (Å²) in [5, 5.41) is 4.79. The van der Waals surface area contributed by atoms with Gasteiger partial charge in [-0.05, 0) is 55.2 Å². The van der Waals surface area contributed by atoms with E-state index in [1.54, 1.807) is 24.3 Å². The molecule has 2 unspecified atom stereocenters. The van der Waals surface area contributed by atoms with Crippen molar-refractivity contribution in [3.8, 4) is 0 Å². The molecule has 3 aromatic rings. The Bertz CT molecular complexity index is 1140. The monoisotopic (exact) mass is 402 g/mol. The third-order valence-electron chi connectivity index (χ3n) is 6.01. The molecular formula is C21H23ClN2O2S. The standard InChI is InChI=1S/C21H22N2O2S.ClH/c1-13-10-16(26(24,25)15-6-4-3-5-7-15)12-17-20-18-9-8-14(22-18)11-19(20)23(2)21(13)17;/h3-7,10,12,14,18,22H,8-9,11H2,1-2H3;1H. The molecule has 1 saturated heterocycles. The van der Waals surface area contributed by atoms with Crippen molar-refractivity contribution >= 4 is 33.1 Å². The maximum Gasteiger partial charge on any atom is 0.206 e. The van der Waals surface area contributed by atoms with E-state index < -0.39 is 9.84 Å². The second-order valence-electron chi connectivity index (χ2n) is 7.57. The van der Waals surface area contributed by atoms with Crippen molar-refractivity contribution in [1.29, 1.82) is 0 Å². The minimum Gasteiger partial charge on any atom is -0.347 e. The molecule has 1 fully saturated rings. The van der Waals surface area contributed by atoms with Crippen molar-refractivity contribution < 1.29 is 8.42 Å². The minimum atomic E-state index is -3.51. The van der Waals surface area contributed by atoms with Gasteiger partial charge in [0.25, 0.3) is 0 Å². The summed E-state index contributed by atoms with van der Waals surface area (Å²) in [6.07, 6.45) is 3.35. The fraction of sp³-hybridized carbons (Fsp3) is 0.333. The number of nitrogens with one attached hydrogen (secondary N) is 1. The van der Waals surface area contributed by atoms with Crippen LogP contribution in [-0.2, 0) is 23.3 Å². The van der Waals surface area contributed by atoms with Gasteiger partial charge in [0.2, 0.25) is 9.84 Å². The number of aryl methyl sites for hydroxylation is 2. The molecule has 5 rings (SSSR count). The van der Waals surface area contributed by atoms with Crippen LogP contribution in [0.3, 0.4) is 0 Å². The number of hydrogen-bond donors (Lipinski definition) is 1. The topological polar surface area (TPSA) is 51.1 Å². The average Bonchev–Trinajstić information content (AvgIpc) is 3.15. The van der Waals surface area contributed by atoms with Crippen molar-refractivity contribution in [3.63, 3.8) is 0 Å². The van der Waals surface area contributed by atoms with E-state index in [4.69, 9.17) is 0 Å². The molecule has 1 aromatic heterocycles. The van der Waals surface area contributed by atoms with E-state index in [0.29, 0.717) is 21.9 Å². The number of hydrogen-bond acceptors (Lipinski definition) is 3. The fourth-order valence-electron chi connectivity index (χ4n) is 4.84. The van der Waals surface area contributed by atoms with Gasteiger partial charge in [-0.15, -0.1) is 12.4 Å². The normalized spacial score (nSPS) is 21.1. The van der Waals surface area contributed by atoms with Crippen molar-refractivity contribution in [2.24, 2.45) is 7.05 Å². The fourth-order valence-corrected chi connectivity index (χ4v) is 6.23. The molecule has 4 nitrogen and oxygen atoms in total. The second-order valence-corrected chi connectivity index (χ2v) is 9.52. The van der Waals surface area contributed by atoms with E-state index in [2.05, 4.69) is 16.9 Å². The van der Waals surface area contributed by atoms with E-state index in [-0.39, 0.29) is 12.4 Å². The van der Waals surface area contributed by atoms with Crippen LogP contribution in [0.5, 0.6) is 0 Å². The van der Waals surface area contributed by atoms with Crippen LogP contribution in [0.15, 0.2) is 52.3 Å². The number of benzene rings is 2. The summed E-state index contributed by atoms with van der Waals surface area (Å²) in [5.74, 6) is 0. The van der Waals surface area contributed by atoms with Gasteiger partial charge in [-0.2, -0.15) is 0 Å². The highest BCUT2D eigenvalue weighted by Gasteiger charge is 2.36. The Kier molecular flexibility index (Phi) is 4.37. The van der Waals surface area contributed by atoms with E-state index in [1.807, 2.05) is 25.1 Å². The quantitative estimate of drug-likeness (QED) is 0.702. The second kappa shape index (κ2) is 6.36. The summed E-state index contributed by atoms with van der Waals surface area (Å²) in [6, 6.07) is 13.3. The highest BCUT2D eigenvalue weighted by Crippen LogP contribution is 2.43. The zero-order valence-corrected chi connectivity index (χ0v) is 17.0. The Labute approximate surface area is 165 Å². The summed E-state index contributed by atoms with van der Waals surface area (Å²) in [7, 11) is -1.40. The van der Waals surface area contributed by atoms with Gasteiger partial charge in [-0.3, -0.25) is 0 Å². The van der Waals surface area contributed by atoms with Crippen LogP contribution in [-0.4, -0.2) is 19.0 Å². The number of rotatable bonds is 2. The maximum atomic E-state index is 13.1. The molecular weight excluding hydrogens is 380 g/mol. The van der Waals surface area contributed by atoms with Gasteiger partial charge < -0.3 is 9.88 Å². The lowest BCUT2D eigenvalue weighted by molar-refractivity contribution is 0.503. The number of fused-ring (bicyclic) bond motifs is 6. The van der Waals surface area contributed by atoms with Crippen LogP contribution in [0.2, 0.25) is 0 Å². The number of aromatic nitrogens is 1. The lowest BCUT2D eigenvalue weighted by Gasteiger charge is -2.23. The van der Waals surface area contributed by atoms with E-state index in [0.717, 1.165) is 29.3 Å². The molecule has 27 heavy (non-hydrogen) atoms. The summed E-state index contributed by atoms with van der Waals surface area (Å²) in [4.78, 5) is 0.741. The third kappa shape index (κ3) is 2.64. The first kappa shape index (κ1) is 18.5. The largest absolute Gasteiger partial charge is 0.347 e. The van der Waals surface area contributed by atoms with Crippen molar-refractivity contribution in [2.45, 2.75) is 48.1 Å². The molecule has 2 atom stereocenters. The predicted molar refractivity (Wildman–Crippen MR) is 109 cm³/mol. The molecule has 0 saturated carbocycles. The summed E-state index contributed by atoms with van der Waals surface area (Å²) >= 11 is 0. The summed E-state index contributed by atoms with van der Waals surface area (Å²) < 4.78 is 28.6. The van der Waals surface area contributed by atoms with Crippen LogP contribution in [0, 0.1) is 6.92 Å². The molecule has 2 aromatic carbocycles. The molecule has 0 spiro atoms. The third-order valence-corrected chi connectivity index (χ3v) is 7.76. The van der Waals surface area contributed by atoms with Gasteiger partial charge in [0.05, 0.1) is 15.3 Å². The van der Waals surface area contributed by atoms with Crippen LogP contribution in [0.1, 0.15) is 35.7 Å². The van der Waals surface area contributed by atoms with Crippen LogP contribution in [0.4, 0.5) is 0 Å². The molecule has 3 heterocycles. The first-order valence-electron chi connectivity index (χ1n) is 9.15.